The molecule has 3 aromatic rings. The van der Waals surface area contributed by atoms with Crippen LogP contribution in [-0.4, -0.2) is 16.1 Å². The fourth-order valence-electron chi connectivity index (χ4n) is 1.55. The summed E-state index contributed by atoms with van der Waals surface area (Å²) in [6.45, 7) is 0. The number of carbonyl (C=O) groups is 1. The highest BCUT2D eigenvalue weighted by molar-refractivity contribution is 7.99. The quantitative estimate of drug-likeness (QED) is 0.786. The Kier molecular flexibility index (Phi) is 3.07. The molecule has 0 unspecified atom stereocenters. The largest absolute Gasteiger partial charge is 0.477 e. The van der Waals surface area contributed by atoms with Crippen LogP contribution in [0.1, 0.15) is 9.67 Å². The first-order valence-electron chi connectivity index (χ1n) is 5.06. The third-order valence-corrected chi connectivity index (χ3v) is 5.28. The van der Waals surface area contributed by atoms with E-state index in [-0.39, 0.29) is 0 Å². The zero-order valence-electron chi connectivity index (χ0n) is 8.99. The molecule has 0 fully saturated rings. The molecule has 1 N–H and O–H groups in total. The van der Waals surface area contributed by atoms with Crippen molar-refractivity contribution in [1.82, 2.24) is 4.98 Å². The van der Waals surface area contributed by atoms with Gasteiger partial charge in [0.25, 0.3) is 0 Å². The molecule has 3 rings (SSSR count). The Bertz CT molecular complexity index is 717. The second-order valence-electron chi connectivity index (χ2n) is 3.50. The van der Waals surface area contributed by atoms with Crippen LogP contribution in [0.4, 0.5) is 0 Å². The number of pyridine rings is 1. The van der Waals surface area contributed by atoms with Gasteiger partial charge in [-0.15, -0.1) is 22.7 Å². The highest BCUT2D eigenvalue weighted by Gasteiger charge is 2.10. The van der Waals surface area contributed by atoms with Crippen LogP contribution in [0.3, 0.4) is 0 Å². The average molecular weight is 293 g/mol. The molecule has 90 valence electrons. The number of rotatable bonds is 3. The summed E-state index contributed by atoms with van der Waals surface area (Å²) in [5, 5.41) is 14.8. The Morgan fingerprint density at radius 2 is 2.22 bits per heavy atom. The molecule has 0 amide bonds. The third-order valence-electron chi connectivity index (χ3n) is 2.34. The summed E-state index contributed by atoms with van der Waals surface area (Å²) in [5.41, 5.74) is 0. The minimum absolute atomic E-state index is 0.356. The first-order valence-corrected chi connectivity index (χ1v) is 7.63. The van der Waals surface area contributed by atoms with E-state index in [9.17, 15) is 4.79 Å². The molecule has 0 bridgehead atoms. The van der Waals surface area contributed by atoms with E-state index in [1.807, 2.05) is 22.9 Å². The SMILES string of the molecule is O=C(O)c1cc(Sc2nccc3sccc23)cs1. The van der Waals surface area contributed by atoms with Crippen LogP contribution in [0.5, 0.6) is 0 Å². The van der Waals surface area contributed by atoms with Gasteiger partial charge in [0.1, 0.15) is 9.90 Å². The minimum Gasteiger partial charge on any atom is -0.477 e. The molecule has 0 aliphatic rings. The van der Waals surface area contributed by atoms with E-state index < -0.39 is 5.97 Å². The molecule has 0 atom stereocenters. The summed E-state index contributed by atoms with van der Waals surface area (Å²) in [5.74, 6) is -0.881. The van der Waals surface area contributed by atoms with Crippen LogP contribution in [0.2, 0.25) is 0 Å². The first-order chi connectivity index (χ1) is 8.74. The second-order valence-corrected chi connectivity index (χ2v) is 6.42. The maximum atomic E-state index is 10.8. The Hall–Kier alpha value is -1.37. The minimum atomic E-state index is -0.881. The number of carboxylic acids is 1. The summed E-state index contributed by atoms with van der Waals surface area (Å²) in [4.78, 5) is 16.5. The Labute approximate surface area is 115 Å². The predicted molar refractivity (Wildman–Crippen MR) is 75.0 cm³/mol. The van der Waals surface area contributed by atoms with Crippen LogP contribution in [0.25, 0.3) is 10.1 Å². The van der Waals surface area contributed by atoms with E-state index in [1.54, 1.807) is 23.6 Å². The number of thiophene rings is 2. The van der Waals surface area contributed by atoms with E-state index in [2.05, 4.69) is 4.98 Å². The number of nitrogens with zero attached hydrogens (tertiary/aromatic N) is 1. The zero-order valence-corrected chi connectivity index (χ0v) is 11.4. The molecule has 3 aromatic heterocycles. The lowest BCUT2D eigenvalue weighted by molar-refractivity contribution is 0.0702. The van der Waals surface area contributed by atoms with Crippen molar-refractivity contribution >= 4 is 50.5 Å². The lowest BCUT2D eigenvalue weighted by atomic mass is 10.3. The molecule has 0 saturated carbocycles. The van der Waals surface area contributed by atoms with Gasteiger partial charge in [0.15, 0.2) is 0 Å². The van der Waals surface area contributed by atoms with Gasteiger partial charge in [-0.2, -0.15) is 0 Å². The summed E-state index contributed by atoms with van der Waals surface area (Å²) < 4.78 is 1.20. The van der Waals surface area contributed by atoms with Gasteiger partial charge in [0, 0.05) is 26.6 Å². The number of fused-ring (bicyclic) bond motifs is 1. The van der Waals surface area contributed by atoms with Gasteiger partial charge in [0.2, 0.25) is 0 Å². The topological polar surface area (TPSA) is 50.2 Å². The lowest BCUT2D eigenvalue weighted by Crippen LogP contribution is -1.89. The molecule has 6 heteroatoms. The molecule has 0 saturated heterocycles. The average Bonchev–Trinajstić information content (AvgIpc) is 2.97. The molecule has 0 spiro atoms. The fourth-order valence-corrected chi connectivity index (χ4v) is 4.21. The monoisotopic (exact) mass is 293 g/mol. The lowest BCUT2D eigenvalue weighted by Gasteiger charge is -1.99. The van der Waals surface area contributed by atoms with Gasteiger partial charge in [-0.3, -0.25) is 0 Å². The zero-order chi connectivity index (χ0) is 12.5. The van der Waals surface area contributed by atoms with E-state index in [4.69, 9.17) is 5.11 Å². The molecule has 0 radical (unpaired) electrons. The number of hydrogen-bond acceptors (Lipinski definition) is 5. The molecular formula is C12H7NO2S3. The van der Waals surface area contributed by atoms with E-state index in [0.29, 0.717) is 4.88 Å². The van der Waals surface area contributed by atoms with Crippen molar-refractivity contribution in [2.24, 2.45) is 0 Å². The Morgan fingerprint density at radius 3 is 3.00 bits per heavy atom. The van der Waals surface area contributed by atoms with Crippen LogP contribution < -0.4 is 0 Å². The van der Waals surface area contributed by atoms with Gasteiger partial charge >= 0.3 is 5.97 Å². The number of hydrogen-bond donors (Lipinski definition) is 1. The van der Waals surface area contributed by atoms with Crippen molar-refractivity contribution in [1.29, 1.82) is 0 Å². The molecule has 3 nitrogen and oxygen atoms in total. The normalized spacial score (nSPS) is 10.9. The second kappa shape index (κ2) is 4.72. The van der Waals surface area contributed by atoms with Crippen molar-refractivity contribution in [2.45, 2.75) is 9.92 Å². The van der Waals surface area contributed by atoms with E-state index >= 15 is 0 Å². The molecular weight excluding hydrogens is 286 g/mol. The van der Waals surface area contributed by atoms with E-state index in [0.717, 1.165) is 15.3 Å². The number of aromatic nitrogens is 1. The van der Waals surface area contributed by atoms with Crippen LogP contribution in [0.15, 0.2) is 45.1 Å². The maximum Gasteiger partial charge on any atom is 0.345 e. The number of carboxylic acid groups (broad SMARTS) is 1. The predicted octanol–water partition coefficient (Wildman–Crippen LogP) is 4.21. The summed E-state index contributed by atoms with van der Waals surface area (Å²) in [7, 11) is 0. The highest BCUT2D eigenvalue weighted by Crippen LogP contribution is 2.35. The van der Waals surface area contributed by atoms with Gasteiger partial charge in [0.05, 0.1) is 0 Å². The number of aromatic carboxylic acids is 1. The first kappa shape index (κ1) is 11.7. The Balaban J connectivity index is 1.96. The maximum absolute atomic E-state index is 10.8. The summed E-state index contributed by atoms with van der Waals surface area (Å²) in [6, 6.07) is 5.71. The van der Waals surface area contributed by atoms with Crippen molar-refractivity contribution in [3.63, 3.8) is 0 Å². The molecule has 3 heterocycles. The molecule has 0 aromatic carbocycles. The third kappa shape index (κ3) is 2.14. The van der Waals surface area contributed by atoms with E-state index in [1.165, 1.54) is 27.8 Å². The smallest absolute Gasteiger partial charge is 0.345 e. The fraction of sp³-hybridized carbons (Fsp3) is 0. The Morgan fingerprint density at radius 1 is 1.33 bits per heavy atom. The van der Waals surface area contributed by atoms with Gasteiger partial charge < -0.3 is 5.11 Å². The standard InChI is InChI=1S/C12H7NO2S3/c14-12(15)10-5-7(6-17-10)18-11-8-2-4-16-9(8)1-3-13-11/h1-6H,(H,14,15). The molecule has 0 aliphatic carbocycles. The van der Waals surface area contributed by atoms with Crippen molar-refractivity contribution in [3.05, 3.63) is 40.0 Å². The van der Waals surface area contributed by atoms with Crippen LogP contribution in [-0.2, 0) is 0 Å². The van der Waals surface area contributed by atoms with Gasteiger partial charge in [-0.1, -0.05) is 11.8 Å². The van der Waals surface area contributed by atoms with Gasteiger partial charge in [-0.25, -0.2) is 9.78 Å². The van der Waals surface area contributed by atoms with Gasteiger partial charge in [-0.05, 0) is 23.6 Å². The van der Waals surface area contributed by atoms with Crippen molar-refractivity contribution in [3.8, 4) is 0 Å². The molecule has 18 heavy (non-hydrogen) atoms. The highest BCUT2D eigenvalue weighted by atomic mass is 32.2. The molecule has 0 aliphatic heterocycles. The van der Waals surface area contributed by atoms with Crippen LogP contribution in [0, 0.1) is 0 Å². The van der Waals surface area contributed by atoms with Crippen molar-refractivity contribution < 1.29 is 9.90 Å². The summed E-state index contributed by atoms with van der Waals surface area (Å²) >= 11 is 4.42. The van der Waals surface area contributed by atoms with Crippen molar-refractivity contribution in [2.75, 3.05) is 0 Å². The summed E-state index contributed by atoms with van der Waals surface area (Å²) in [6.07, 6.45) is 1.78. The van der Waals surface area contributed by atoms with Crippen LogP contribution >= 0.6 is 34.4 Å².